The van der Waals surface area contributed by atoms with Crippen LogP contribution in [-0.2, 0) is 26.4 Å². The molecular formula is C37H54F2N10O2. The number of aromatic nitrogens is 4. The Balaban J connectivity index is 0.000000266. The predicted molar refractivity (Wildman–Crippen MR) is 198 cm³/mol. The first-order valence-electron chi connectivity index (χ1n) is 18.0. The van der Waals surface area contributed by atoms with E-state index in [9.17, 15) is 8.78 Å². The SMILES string of the molecule is CN1CCC(n2nc(N3CCCc4cc(-c5cnn(C)c5)c(C(F)F)cc43)c3c2CCNC3)CC1.CO.N=C(/C=C\C(N)=C/O)N1CCCCC1. The highest BCUT2D eigenvalue weighted by Crippen LogP contribution is 2.43. The van der Waals surface area contributed by atoms with Crippen molar-refractivity contribution >= 4 is 17.3 Å². The van der Waals surface area contributed by atoms with Gasteiger partial charge in [-0.3, -0.25) is 14.8 Å². The second-order valence-electron chi connectivity index (χ2n) is 13.6. The number of amidine groups is 1. The van der Waals surface area contributed by atoms with Gasteiger partial charge in [0.25, 0.3) is 6.43 Å². The number of benzene rings is 1. The molecule has 1 aromatic carbocycles. The highest BCUT2D eigenvalue weighted by atomic mass is 19.3. The number of aryl methyl sites for hydroxylation is 2. The van der Waals surface area contributed by atoms with Crippen LogP contribution in [0.3, 0.4) is 0 Å². The molecule has 6 heterocycles. The van der Waals surface area contributed by atoms with Crippen LogP contribution < -0.4 is 16.0 Å². The Morgan fingerprint density at radius 1 is 1.02 bits per heavy atom. The summed E-state index contributed by atoms with van der Waals surface area (Å²) in [5, 5.41) is 36.2. The number of nitrogens with two attached hydrogens (primary N) is 1. The molecule has 3 aromatic rings. The van der Waals surface area contributed by atoms with E-state index >= 15 is 0 Å². The van der Waals surface area contributed by atoms with E-state index in [2.05, 4.69) is 31.9 Å². The Morgan fingerprint density at radius 2 is 1.76 bits per heavy atom. The monoisotopic (exact) mass is 708 g/mol. The zero-order valence-electron chi connectivity index (χ0n) is 30.2. The summed E-state index contributed by atoms with van der Waals surface area (Å²) >= 11 is 0. The van der Waals surface area contributed by atoms with Crippen molar-refractivity contribution in [3.8, 4) is 11.1 Å². The van der Waals surface area contributed by atoms with E-state index in [1.54, 1.807) is 29.2 Å². The van der Waals surface area contributed by atoms with E-state index in [1.165, 1.54) is 23.8 Å². The summed E-state index contributed by atoms with van der Waals surface area (Å²) in [6, 6.07) is 4.07. The molecule has 6 N–H and O–H groups in total. The Morgan fingerprint density at radius 3 is 2.43 bits per heavy atom. The maximum absolute atomic E-state index is 14.3. The summed E-state index contributed by atoms with van der Waals surface area (Å²) in [6.45, 7) is 6.57. The number of fused-ring (bicyclic) bond motifs is 2. The number of alkyl halides is 2. The molecule has 2 fully saturated rings. The summed E-state index contributed by atoms with van der Waals surface area (Å²) in [4.78, 5) is 6.60. The molecule has 51 heavy (non-hydrogen) atoms. The van der Waals surface area contributed by atoms with Crippen LogP contribution in [0.5, 0.6) is 0 Å². The van der Waals surface area contributed by atoms with Gasteiger partial charge in [-0.2, -0.15) is 10.2 Å². The number of piperidine rings is 2. The number of halogens is 2. The summed E-state index contributed by atoms with van der Waals surface area (Å²) in [6.07, 6.45) is 13.5. The number of hydrogen-bond donors (Lipinski definition) is 5. The van der Waals surface area contributed by atoms with Crippen LogP contribution in [0.25, 0.3) is 11.1 Å². The summed E-state index contributed by atoms with van der Waals surface area (Å²) in [5.74, 6) is 1.41. The smallest absolute Gasteiger partial charge is 0.264 e. The van der Waals surface area contributed by atoms with Crippen molar-refractivity contribution in [2.45, 2.75) is 70.4 Å². The van der Waals surface area contributed by atoms with E-state index in [1.807, 2.05) is 18.0 Å². The Bertz CT molecular complexity index is 1670. The molecule has 0 aliphatic carbocycles. The lowest BCUT2D eigenvalue weighted by Gasteiger charge is -2.32. The van der Waals surface area contributed by atoms with Crippen LogP contribution in [-0.4, -0.2) is 98.8 Å². The Kier molecular flexibility index (Phi) is 13.2. The van der Waals surface area contributed by atoms with Crippen LogP contribution in [0.4, 0.5) is 20.3 Å². The topological polar surface area (TPSA) is 148 Å². The summed E-state index contributed by atoms with van der Waals surface area (Å²) in [5.41, 5.74) is 11.5. The number of nitrogens with zero attached hydrogens (tertiary/aromatic N) is 7. The molecule has 0 spiro atoms. The molecule has 14 heteroatoms. The third kappa shape index (κ3) is 8.97. The van der Waals surface area contributed by atoms with E-state index in [4.69, 9.17) is 26.5 Å². The fourth-order valence-electron chi connectivity index (χ4n) is 7.43. The Hall–Kier alpha value is -4.27. The van der Waals surface area contributed by atoms with Gasteiger partial charge in [0, 0.05) is 87.6 Å². The van der Waals surface area contributed by atoms with Crippen LogP contribution in [0.2, 0.25) is 0 Å². The third-order valence-electron chi connectivity index (χ3n) is 10.1. The number of aliphatic hydroxyl groups is 2. The summed E-state index contributed by atoms with van der Waals surface area (Å²) < 4.78 is 32.5. The first-order valence-corrected chi connectivity index (χ1v) is 18.0. The normalized spacial score (nSPS) is 18.5. The maximum Gasteiger partial charge on any atom is 0.264 e. The van der Waals surface area contributed by atoms with E-state index in [-0.39, 0.29) is 11.3 Å². The number of hydrogen-bond acceptors (Lipinski definition) is 9. The molecular weight excluding hydrogens is 654 g/mol. The minimum absolute atomic E-state index is 0.0605. The van der Waals surface area contributed by atoms with Gasteiger partial charge in [0.2, 0.25) is 0 Å². The molecule has 0 saturated carbocycles. The minimum atomic E-state index is -2.56. The van der Waals surface area contributed by atoms with Gasteiger partial charge in [0.05, 0.1) is 17.9 Å². The standard InChI is InChI=1S/C26H33F2N7.C10H17N3O.CH4O/c1-32-10-6-19(7-11-32)35-23-5-8-29-15-22(23)26(31-35)34-9-3-4-17-12-20(18-14-30-33(2)16-18)21(25(27)28)13-24(17)34;11-9(8-14)4-5-10(12)13-6-2-1-3-7-13;1-2/h12-14,16,19,25,29H,3-11,15H2,1-2H3;4-5,8,12,14H,1-3,6-7,11H2;2H,1H3/b;5-4-,9-8+,12-10?;. The maximum atomic E-state index is 14.3. The molecule has 0 amide bonds. The van der Waals surface area contributed by atoms with E-state index < -0.39 is 6.43 Å². The van der Waals surface area contributed by atoms with Gasteiger partial charge in [-0.1, -0.05) is 0 Å². The second kappa shape index (κ2) is 17.8. The lowest BCUT2D eigenvalue weighted by Crippen LogP contribution is -2.33. The Labute approximate surface area is 299 Å². The van der Waals surface area contributed by atoms with Crippen molar-refractivity contribution in [3.05, 3.63) is 71.0 Å². The number of aliphatic hydroxyl groups excluding tert-OH is 2. The number of nitrogens with one attached hydrogen (secondary N) is 2. The van der Waals surface area contributed by atoms with Gasteiger partial charge in [-0.15, -0.1) is 0 Å². The average molecular weight is 709 g/mol. The molecule has 2 saturated heterocycles. The largest absolute Gasteiger partial charge is 0.513 e. The number of allylic oxidation sites excluding steroid dienone is 1. The van der Waals surface area contributed by atoms with Crippen LogP contribution >= 0.6 is 0 Å². The van der Waals surface area contributed by atoms with Crippen LogP contribution in [0.15, 0.2) is 48.6 Å². The molecule has 12 nitrogen and oxygen atoms in total. The van der Waals surface area contributed by atoms with Gasteiger partial charge < -0.3 is 36.0 Å². The highest BCUT2D eigenvalue weighted by Gasteiger charge is 2.32. The molecule has 2 aromatic heterocycles. The fraction of sp³-hybridized carbons (Fsp3) is 0.541. The molecule has 4 aliphatic rings. The van der Waals surface area contributed by atoms with E-state index in [0.717, 1.165) is 127 Å². The number of likely N-dealkylation sites (tertiary alicyclic amines) is 2. The van der Waals surface area contributed by atoms with Gasteiger partial charge in [0.1, 0.15) is 12.1 Å². The van der Waals surface area contributed by atoms with Gasteiger partial charge in [-0.25, -0.2) is 8.78 Å². The molecule has 4 aliphatic heterocycles. The molecule has 0 bridgehead atoms. The van der Waals surface area contributed by atoms with Crippen molar-refractivity contribution in [3.63, 3.8) is 0 Å². The highest BCUT2D eigenvalue weighted by molar-refractivity contribution is 5.90. The summed E-state index contributed by atoms with van der Waals surface area (Å²) in [7, 11) is 4.98. The average Bonchev–Trinajstić information content (AvgIpc) is 3.78. The number of rotatable bonds is 6. The zero-order valence-corrected chi connectivity index (χ0v) is 30.2. The molecule has 0 atom stereocenters. The molecule has 0 unspecified atom stereocenters. The van der Waals surface area contributed by atoms with Crippen molar-refractivity contribution in [1.29, 1.82) is 5.41 Å². The van der Waals surface area contributed by atoms with Gasteiger partial charge in [0.15, 0.2) is 5.82 Å². The van der Waals surface area contributed by atoms with Crippen molar-refractivity contribution in [2.24, 2.45) is 12.8 Å². The quantitative estimate of drug-likeness (QED) is 0.101. The predicted octanol–water partition coefficient (Wildman–Crippen LogP) is 5.19. The first kappa shape index (κ1) is 38.0. The van der Waals surface area contributed by atoms with Crippen LogP contribution in [0.1, 0.15) is 73.4 Å². The van der Waals surface area contributed by atoms with Crippen LogP contribution in [0, 0.1) is 5.41 Å². The van der Waals surface area contributed by atoms with Gasteiger partial charge in [-0.05, 0) is 100 Å². The second-order valence-corrected chi connectivity index (χ2v) is 13.6. The zero-order chi connectivity index (χ0) is 36.5. The minimum Gasteiger partial charge on any atom is -0.513 e. The lowest BCUT2D eigenvalue weighted by molar-refractivity contribution is 0.152. The lowest BCUT2D eigenvalue weighted by atomic mass is 9.93. The third-order valence-corrected chi connectivity index (χ3v) is 10.1. The van der Waals surface area contributed by atoms with Crippen molar-refractivity contribution < 1.29 is 19.0 Å². The number of anilines is 2. The molecule has 278 valence electrons. The van der Waals surface area contributed by atoms with E-state index in [0.29, 0.717) is 17.4 Å². The fourth-order valence-corrected chi connectivity index (χ4v) is 7.43. The first-order chi connectivity index (χ1) is 24.7. The van der Waals surface area contributed by atoms with Crippen molar-refractivity contribution in [1.82, 2.24) is 34.7 Å². The molecule has 0 radical (unpaired) electrons. The van der Waals surface area contributed by atoms with Gasteiger partial charge >= 0.3 is 0 Å². The molecule has 7 rings (SSSR count). The van der Waals surface area contributed by atoms with Crippen molar-refractivity contribution in [2.75, 3.05) is 58.3 Å².